The number of thiophene rings is 1. The van der Waals surface area contributed by atoms with E-state index in [9.17, 15) is 9.59 Å². The molecule has 0 unspecified atom stereocenters. The van der Waals surface area contributed by atoms with E-state index >= 15 is 0 Å². The van der Waals surface area contributed by atoms with Crippen LogP contribution >= 0.6 is 11.3 Å². The summed E-state index contributed by atoms with van der Waals surface area (Å²) in [5, 5.41) is 3.64. The Morgan fingerprint density at radius 3 is 2.30 bits per heavy atom. The number of nitrogens with one attached hydrogen (secondary N) is 1. The van der Waals surface area contributed by atoms with Gasteiger partial charge in [0.25, 0.3) is 0 Å². The summed E-state index contributed by atoms with van der Waals surface area (Å²) in [6.07, 6.45) is 0.884. The summed E-state index contributed by atoms with van der Waals surface area (Å²) >= 11 is 1.12. The van der Waals surface area contributed by atoms with E-state index in [4.69, 9.17) is 15.2 Å². The molecule has 0 radical (unpaired) electrons. The van der Waals surface area contributed by atoms with Crippen molar-refractivity contribution in [1.82, 2.24) is 0 Å². The number of nitrogen functional groups attached to an aromatic ring is 1. The molecule has 0 saturated heterocycles. The molecule has 1 rings (SSSR count). The quantitative estimate of drug-likeness (QED) is 0.752. The molecule has 1 aromatic rings. The molecule has 0 aliphatic carbocycles. The predicted molar refractivity (Wildman–Crippen MR) is 79.4 cm³/mol. The van der Waals surface area contributed by atoms with E-state index in [2.05, 4.69) is 5.32 Å². The highest BCUT2D eigenvalue weighted by Gasteiger charge is 2.27. The first-order valence-electron chi connectivity index (χ1n) is 6.57. The first-order chi connectivity index (χ1) is 9.56. The van der Waals surface area contributed by atoms with Crippen LogP contribution in [0.2, 0.25) is 0 Å². The van der Waals surface area contributed by atoms with Crippen molar-refractivity contribution in [3.8, 4) is 0 Å². The third-order valence-corrected chi connectivity index (χ3v) is 3.56. The lowest BCUT2D eigenvalue weighted by Crippen LogP contribution is -2.11. The lowest BCUT2D eigenvalue weighted by molar-refractivity contribution is 0.0528. The molecule has 0 saturated carbocycles. The van der Waals surface area contributed by atoms with Crippen LogP contribution in [0.3, 0.4) is 0 Å². The van der Waals surface area contributed by atoms with E-state index in [0.29, 0.717) is 11.5 Å². The fourth-order valence-corrected chi connectivity index (χ4v) is 2.59. The molecular formula is C13H20N2O4S. The van der Waals surface area contributed by atoms with Gasteiger partial charge in [0.1, 0.15) is 15.4 Å². The van der Waals surface area contributed by atoms with Crippen LogP contribution in [0.5, 0.6) is 0 Å². The van der Waals surface area contributed by atoms with Gasteiger partial charge in [-0.1, -0.05) is 6.92 Å². The summed E-state index contributed by atoms with van der Waals surface area (Å²) in [6, 6.07) is 0. The van der Waals surface area contributed by atoms with Crippen LogP contribution in [0, 0.1) is 0 Å². The highest BCUT2D eigenvalue weighted by Crippen LogP contribution is 2.36. The second kappa shape index (κ2) is 7.74. The number of esters is 2. The maximum Gasteiger partial charge on any atom is 0.350 e. The molecule has 7 heteroatoms. The van der Waals surface area contributed by atoms with E-state index < -0.39 is 11.9 Å². The van der Waals surface area contributed by atoms with E-state index in [0.717, 1.165) is 17.8 Å². The van der Waals surface area contributed by atoms with Crippen LogP contribution in [0.15, 0.2) is 0 Å². The van der Waals surface area contributed by atoms with Crippen molar-refractivity contribution in [2.75, 3.05) is 30.8 Å². The molecular weight excluding hydrogens is 280 g/mol. The molecule has 112 valence electrons. The second-order valence-corrected chi connectivity index (χ2v) is 4.94. The van der Waals surface area contributed by atoms with Crippen LogP contribution in [0.4, 0.5) is 10.7 Å². The van der Waals surface area contributed by atoms with Crippen molar-refractivity contribution in [3.05, 3.63) is 10.4 Å². The smallest absolute Gasteiger partial charge is 0.350 e. The van der Waals surface area contributed by atoms with Gasteiger partial charge in [0.15, 0.2) is 0 Å². The normalized spacial score (nSPS) is 10.2. The minimum atomic E-state index is -0.532. The van der Waals surface area contributed by atoms with Crippen LogP contribution in [0.1, 0.15) is 47.2 Å². The minimum absolute atomic E-state index is 0.116. The molecule has 1 heterocycles. The maximum atomic E-state index is 12.0. The largest absolute Gasteiger partial charge is 0.462 e. The van der Waals surface area contributed by atoms with E-state index in [1.807, 2.05) is 6.92 Å². The molecule has 0 fully saturated rings. The third-order valence-electron chi connectivity index (χ3n) is 2.42. The average Bonchev–Trinajstić information content (AvgIpc) is 2.74. The van der Waals surface area contributed by atoms with Crippen molar-refractivity contribution in [2.24, 2.45) is 0 Å². The van der Waals surface area contributed by atoms with Gasteiger partial charge in [-0.3, -0.25) is 0 Å². The Balaban J connectivity index is 3.16. The van der Waals surface area contributed by atoms with Crippen LogP contribution in [0.25, 0.3) is 0 Å². The van der Waals surface area contributed by atoms with Crippen molar-refractivity contribution < 1.29 is 19.1 Å². The Kier molecular flexibility index (Phi) is 6.30. The minimum Gasteiger partial charge on any atom is -0.462 e. The number of anilines is 2. The standard InChI is InChI=1S/C13H20N2O4S/c1-4-7-15-11-8(12(16)18-5-2)9(14)10(20-11)13(17)19-6-3/h15H,4-7,14H2,1-3H3. The van der Waals surface area contributed by atoms with E-state index in [1.165, 1.54) is 0 Å². The highest BCUT2D eigenvalue weighted by atomic mass is 32.1. The number of carbonyl (C=O) groups is 2. The number of nitrogens with two attached hydrogens (primary N) is 1. The number of rotatable bonds is 7. The molecule has 0 aliphatic rings. The Bertz CT molecular complexity index is 485. The van der Waals surface area contributed by atoms with Gasteiger partial charge < -0.3 is 20.5 Å². The number of hydrogen-bond donors (Lipinski definition) is 2. The summed E-state index contributed by atoms with van der Waals surface area (Å²) in [5.74, 6) is -1.06. The SMILES string of the molecule is CCCNc1sc(C(=O)OCC)c(N)c1C(=O)OCC. The van der Waals surface area contributed by atoms with Crippen molar-refractivity contribution in [2.45, 2.75) is 27.2 Å². The topological polar surface area (TPSA) is 90.6 Å². The number of hydrogen-bond acceptors (Lipinski definition) is 7. The fraction of sp³-hybridized carbons (Fsp3) is 0.538. The van der Waals surface area contributed by atoms with Crippen molar-refractivity contribution in [1.29, 1.82) is 0 Å². The van der Waals surface area contributed by atoms with Gasteiger partial charge in [-0.05, 0) is 20.3 Å². The average molecular weight is 300 g/mol. The van der Waals surface area contributed by atoms with Gasteiger partial charge in [0.2, 0.25) is 0 Å². The van der Waals surface area contributed by atoms with Gasteiger partial charge in [-0.25, -0.2) is 9.59 Å². The molecule has 0 bridgehead atoms. The lowest BCUT2D eigenvalue weighted by Gasteiger charge is -2.06. The van der Waals surface area contributed by atoms with Gasteiger partial charge in [-0.2, -0.15) is 0 Å². The molecule has 6 nitrogen and oxygen atoms in total. The third kappa shape index (κ3) is 3.63. The first kappa shape index (κ1) is 16.3. The maximum absolute atomic E-state index is 12.0. The summed E-state index contributed by atoms with van der Waals surface area (Å²) in [6.45, 7) is 6.60. The fourth-order valence-electron chi connectivity index (χ4n) is 1.56. The highest BCUT2D eigenvalue weighted by molar-refractivity contribution is 7.19. The summed E-state index contributed by atoms with van der Waals surface area (Å²) in [4.78, 5) is 24.0. The molecule has 0 aromatic carbocycles. The summed E-state index contributed by atoms with van der Waals surface area (Å²) in [7, 11) is 0. The first-order valence-corrected chi connectivity index (χ1v) is 7.38. The zero-order chi connectivity index (χ0) is 15.1. The van der Waals surface area contributed by atoms with Gasteiger partial charge in [0.05, 0.1) is 18.9 Å². The van der Waals surface area contributed by atoms with Crippen LogP contribution in [-0.2, 0) is 9.47 Å². The number of ether oxygens (including phenoxy) is 2. The zero-order valence-corrected chi connectivity index (χ0v) is 12.8. The Hall–Kier alpha value is -1.76. The predicted octanol–water partition coefficient (Wildman–Crippen LogP) is 2.51. The Morgan fingerprint density at radius 1 is 1.15 bits per heavy atom. The van der Waals surface area contributed by atoms with E-state index in [-0.39, 0.29) is 29.3 Å². The zero-order valence-electron chi connectivity index (χ0n) is 11.9. The van der Waals surface area contributed by atoms with Gasteiger partial charge in [0, 0.05) is 6.54 Å². The monoisotopic (exact) mass is 300 g/mol. The van der Waals surface area contributed by atoms with Crippen LogP contribution in [-0.4, -0.2) is 31.7 Å². The van der Waals surface area contributed by atoms with Gasteiger partial charge in [-0.15, -0.1) is 11.3 Å². The summed E-state index contributed by atoms with van der Waals surface area (Å²) < 4.78 is 9.91. The Labute approximate surface area is 122 Å². The molecule has 1 aromatic heterocycles. The van der Waals surface area contributed by atoms with Crippen molar-refractivity contribution in [3.63, 3.8) is 0 Å². The Morgan fingerprint density at radius 2 is 1.75 bits per heavy atom. The molecule has 3 N–H and O–H groups in total. The van der Waals surface area contributed by atoms with E-state index in [1.54, 1.807) is 13.8 Å². The molecule has 0 atom stereocenters. The van der Waals surface area contributed by atoms with Gasteiger partial charge >= 0.3 is 11.9 Å². The lowest BCUT2D eigenvalue weighted by atomic mass is 10.2. The molecule has 0 spiro atoms. The second-order valence-electron chi connectivity index (χ2n) is 3.92. The number of carbonyl (C=O) groups excluding carboxylic acids is 2. The molecule has 0 amide bonds. The summed E-state index contributed by atoms with van der Waals surface area (Å²) in [5.41, 5.74) is 6.24. The molecule has 0 aliphatic heterocycles. The molecule has 20 heavy (non-hydrogen) atoms. The van der Waals surface area contributed by atoms with Crippen molar-refractivity contribution >= 4 is 34.0 Å². The van der Waals surface area contributed by atoms with Crippen LogP contribution < -0.4 is 11.1 Å².